The fourth-order valence-corrected chi connectivity index (χ4v) is 3.15. The van der Waals surface area contributed by atoms with Crippen LogP contribution in [0.25, 0.3) is 0 Å². The summed E-state index contributed by atoms with van der Waals surface area (Å²) in [5.74, 6) is 0.365. The maximum absolute atomic E-state index is 9.46. The Hall–Kier alpha value is -1.39. The van der Waals surface area contributed by atoms with Gasteiger partial charge in [-0.3, -0.25) is 0 Å². The zero-order valence-corrected chi connectivity index (χ0v) is 11.1. The van der Waals surface area contributed by atoms with Gasteiger partial charge in [-0.15, -0.1) is 11.3 Å². The lowest BCUT2D eigenvalue weighted by Gasteiger charge is -2.13. The number of hydrogen-bond donors (Lipinski definition) is 2. The zero-order chi connectivity index (χ0) is 12.5. The molecule has 18 heavy (non-hydrogen) atoms. The third-order valence-electron chi connectivity index (χ3n) is 3.40. The molecule has 1 aliphatic carbocycles. The molecule has 1 aromatic heterocycles. The number of rotatable bonds is 3. The Kier molecular flexibility index (Phi) is 3.06. The molecule has 0 amide bonds. The zero-order valence-electron chi connectivity index (χ0n) is 10.3. The molecule has 0 radical (unpaired) electrons. The Morgan fingerprint density at radius 3 is 3.17 bits per heavy atom. The number of fused-ring (bicyclic) bond motifs is 1. The highest BCUT2D eigenvalue weighted by molar-refractivity contribution is 7.09. The van der Waals surface area contributed by atoms with Crippen LogP contribution >= 0.6 is 11.3 Å². The quantitative estimate of drug-likeness (QED) is 0.892. The second-order valence-corrected chi connectivity index (χ2v) is 5.78. The predicted octanol–water partition coefficient (Wildman–Crippen LogP) is 2.93. The Morgan fingerprint density at radius 1 is 1.50 bits per heavy atom. The molecule has 0 fully saturated rings. The first-order chi connectivity index (χ1) is 8.72. The monoisotopic (exact) mass is 260 g/mol. The largest absolute Gasteiger partial charge is 0.508 e. The van der Waals surface area contributed by atoms with Crippen molar-refractivity contribution in [3.05, 3.63) is 45.4 Å². The average Bonchev–Trinajstić information content (AvgIpc) is 2.92. The number of aryl methyl sites for hydroxylation is 2. The van der Waals surface area contributed by atoms with Crippen LogP contribution in [0.4, 0.5) is 0 Å². The van der Waals surface area contributed by atoms with Gasteiger partial charge in [0.05, 0.1) is 10.7 Å². The highest BCUT2D eigenvalue weighted by Crippen LogP contribution is 2.33. The molecule has 94 valence electrons. The minimum Gasteiger partial charge on any atom is -0.508 e. The summed E-state index contributed by atoms with van der Waals surface area (Å²) in [7, 11) is 0. The molecule has 0 aliphatic heterocycles. The molecule has 0 bridgehead atoms. The summed E-state index contributed by atoms with van der Waals surface area (Å²) in [6.07, 6.45) is 2.14. The van der Waals surface area contributed by atoms with Crippen LogP contribution in [-0.4, -0.2) is 10.1 Å². The van der Waals surface area contributed by atoms with E-state index in [-0.39, 0.29) is 0 Å². The second-order valence-electron chi connectivity index (χ2n) is 4.71. The Morgan fingerprint density at radius 2 is 2.39 bits per heavy atom. The van der Waals surface area contributed by atoms with E-state index in [1.165, 1.54) is 11.1 Å². The topological polar surface area (TPSA) is 45.2 Å². The summed E-state index contributed by atoms with van der Waals surface area (Å²) in [5, 5.41) is 16.2. The number of phenols is 1. The van der Waals surface area contributed by atoms with Crippen molar-refractivity contribution in [2.24, 2.45) is 0 Å². The molecule has 1 unspecified atom stereocenters. The van der Waals surface area contributed by atoms with Crippen LogP contribution in [0.3, 0.4) is 0 Å². The summed E-state index contributed by atoms with van der Waals surface area (Å²) >= 11 is 1.69. The molecule has 1 atom stereocenters. The van der Waals surface area contributed by atoms with Crippen molar-refractivity contribution in [3.63, 3.8) is 0 Å². The lowest BCUT2D eigenvalue weighted by atomic mass is 10.1. The summed E-state index contributed by atoms with van der Waals surface area (Å²) in [6.45, 7) is 2.84. The van der Waals surface area contributed by atoms with Gasteiger partial charge in [0.1, 0.15) is 5.75 Å². The maximum Gasteiger partial charge on any atom is 0.115 e. The molecule has 3 nitrogen and oxygen atoms in total. The third-order valence-corrected chi connectivity index (χ3v) is 4.22. The number of aromatic hydroxyl groups is 1. The van der Waals surface area contributed by atoms with Crippen LogP contribution in [-0.2, 0) is 13.0 Å². The van der Waals surface area contributed by atoms with Gasteiger partial charge in [0, 0.05) is 18.0 Å². The van der Waals surface area contributed by atoms with E-state index < -0.39 is 0 Å². The number of nitrogens with one attached hydrogen (secondary N) is 1. The Labute approximate surface area is 111 Å². The normalized spacial score (nSPS) is 17.9. The van der Waals surface area contributed by atoms with Crippen molar-refractivity contribution in [2.75, 3.05) is 0 Å². The van der Waals surface area contributed by atoms with Gasteiger partial charge in [0.15, 0.2) is 0 Å². The molecular formula is C14H16N2OS. The number of thiazole rings is 1. The van der Waals surface area contributed by atoms with Crippen molar-refractivity contribution < 1.29 is 5.11 Å². The molecule has 4 heteroatoms. The molecule has 0 saturated carbocycles. The first-order valence-corrected chi connectivity index (χ1v) is 7.06. The van der Waals surface area contributed by atoms with Gasteiger partial charge >= 0.3 is 0 Å². The molecule has 2 aromatic rings. The van der Waals surface area contributed by atoms with E-state index >= 15 is 0 Å². The second kappa shape index (κ2) is 4.71. The first-order valence-electron chi connectivity index (χ1n) is 6.18. The first kappa shape index (κ1) is 11.7. The van der Waals surface area contributed by atoms with Crippen LogP contribution in [0.5, 0.6) is 5.75 Å². The van der Waals surface area contributed by atoms with Crippen LogP contribution in [0.1, 0.15) is 34.3 Å². The van der Waals surface area contributed by atoms with Gasteiger partial charge in [-0.25, -0.2) is 4.98 Å². The van der Waals surface area contributed by atoms with E-state index in [4.69, 9.17) is 0 Å². The molecule has 2 N–H and O–H groups in total. The number of benzene rings is 1. The van der Waals surface area contributed by atoms with Gasteiger partial charge in [-0.1, -0.05) is 6.07 Å². The van der Waals surface area contributed by atoms with Crippen LogP contribution in [0.2, 0.25) is 0 Å². The van der Waals surface area contributed by atoms with E-state index in [0.717, 1.165) is 30.1 Å². The highest BCUT2D eigenvalue weighted by atomic mass is 32.1. The molecular weight excluding hydrogens is 244 g/mol. The SMILES string of the molecule is Cc1nc(CNC2CCc3cc(O)ccc32)cs1. The highest BCUT2D eigenvalue weighted by Gasteiger charge is 2.22. The molecule has 1 heterocycles. The van der Waals surface area contributed by atoms with Crippen LogP contribution in [0, 0.1) is 6.92 Å². The van der Waals surface area contributed by atoms with Gasteiger partial charge in [-0.2, -0.15) is 0 Å². The standard InChI is InChI=1S/C14H16N2OS/c1-9-16-11(8-18-9)7-15-14-5-2-10-6-12(17)3-4-13(10)14/h3-4,6,8,14-15,17H,2,5,7H2,1H3. The summed E-state index contributed by atoms with van der Waals surface area (Å²) in [4.78, 5) is 4.46. The minimum atomic E-state index is 0.365. The van der Waals surface area contributed by atoms with Crippen LogP contribution in [0.15, 0.2) is 23.6 Å². The molecule has 1 aliphatic rings. The average molecular weight is 260 g/mol. The fourth-order valence-electron chi connectivity index (χ4n) is 2.53. The predicted molar refractivity (Wildman–Crippen MR) is 72.9 cm³/mol. The molecule has 0 saturated heterocycles. The number of phenolic OH excluding ortho intramolecular Hbond substituents is 1. The summed E-state index contributed by atoms with van der Waals surface area (Å²) < 4.78 is 0. The molecule has 0 spiro atoms. The number of aromatic nitrogens is 1. The van der Waals surface area contributed by atoms with Crippen molar-refractivity contribution in [1.29, 1.82) is 0 Å². The summed E-state index contributed by atoms with van der Waals surface area (Å²) in [5.41, 5.74) is 3.70. The van der Waals surface area contributed by atoms with E-state index in [2.05, 4.69) is 15.7 Å². The van der Waals surface area contributed by atoms with E-state index in [1.54, 1.807) is 17.4 Å². The van der Waals surface area contributed by atoms with E-state index in [1.807, 2.05) is 19.1 Å². The molecule has 3 rings (SSSR count). The molecule has 1 aromatic carbocycles. The minimum absolute atomic E-state index is 0.365. The van der Waals surface area contributed by atoms with E-state index in [0.29, 0.717) is 11.8 Å². The van der Waals surface area contributed by atoms with E-state index in [9.17, 15) is 5.11 Å². The van der Waals surface area contributed by atoms with Gasteiger partial charge in [-0.05, 0) is 43.0 Å². The lowest BCUT2D eigenvalue weighted by Crippen LogP contribution is -2.18. The van der Waals surface area contributed by atoms with Gasteiger partial charge in [0.2, 0.25) is 0 Å². The van der Waals surface area contributed by atoms with Crippen molar-refractivity contribution in [2.45, 2.75) is 32.4 Å². The van der Waals surface area contributed by atoms with Crippen molar-refractivity contribution in [3.8, 4) is 5.75 Å². The van der Waals surface area contributed by atoms with Gasteiger partial charge < -0.3 is 10.4 Å². The van der Waals surface area contributed by atoms with Crippen LogP contribution < -0.4 is 5.32 Å². The van der Waals surface area contributed by atoms with Crippen molar-refractivity contribution >= 4 is 11.3 Å². The smallest absolute Gasteiger partial charge is 0.115 e. The Bertz CT molecular complexity index is 565. The van der Waals surface area contributed by atoms with Gasteiger partial charge in [0.25, 0.3) is 0 Å². The lowest BCUT2D eigenvalue weighted by molar-refractivity contribution is 0.474. The number of nitrogens with zero attached hydrogens (tertiary/aromatic N) is 1. The Balaban J connectivity index is 1.69. The maximum atomic E-state index is 9.46. The summed E-state index contributed by atoms with van der Waals surface area (Å²) in [6, 6.07) is 6.07. The van der Waals surface area contributed by atoms with Crippen molar-refractivity contribution in [1.82, 2.24) is 10.3 Å². The fraction of sp³-hybridized carbons (Fsp3) is 0.357. The third kappa shape index (κ3) is 2.26. The number of hydrogen-bond acceptors (Lipinski definition) is 4.